The molecule has 0 fully saturated rings. The first kappa shape index (κ1) is 20.2. The molecule has 0 aromatic carbocycles. The molecule has 0 aliphatic heterocycles. The number of ether oxygens (including phenoxy) is 1. The summed E-state index contributed by atoms with van der Waals surface area (Å²) in [6.07, 6.45) is -13.7. The normalized spacial score (nSPS) is 17.0. The lowest BCUT2D eigenvalue weighted by molar-refractivity contribution is -0.454. The van der Waals surface area contributed by atoms with Crippen molar-refractivity contribution in [2.24, 2.45) is 11.5 Å². The van der Waals surface area contributed by atoms with Crippen molar-refractivity contribution in [3.05, 3.63) is 0 Å². The molecule has 0 unspecified atom stereocenters. The van der Waals surface area contributed by atoms with E-state index in [-0.39, 0.29) is 0 Å². The third kappa shape index (κ3) is 2.89. The lowest BCUT2D eigenvalue weighted by Crippen LogP contribution is -2.65. The van der Waals surface area contributed by atoms with Gasteiger partial charge in [0.25, 0.3) is 11.8 Å². The Morgan fingerprint density at radius 1 is 0.727 bits per heavy atom. The van der Waals surface area contributed by atoms with Crippen LogP contribution >= 0.6 is 0 Å². The molecule has 1 atom stereocenters. The Bertz CT molecular complexity index is 476. The summed E-state index contributed by atoms with van der Waals surface area (Å²) in [5, 5.41) is 0. The van der Waals surface area contributed by atoms with Crippen LogP contribution in [0, 0.1) is 0 Å². The van der Waals surface area contributed by atoms with E-state index in [9.17, 15) is 53.5 Å². The maximum absolute atomic E-state index is 13.0. The lowest BCUT2D eigenvalue weighted by atomic mass is 10.1. The van der Waals surface area contributed by atoms with E-state index in [1.54, 1.807) is 0 Å². The third-order valence-electron chi connectivity index (χ3n) is 2.02. The van der Waals surface area contributed by atoms with Gasteiger partial charge in [-0.2, -0.15) is 43.9 Å². The van der Waals surface area contributed by atoms with E-state index in [0.29, 0.717) is 0 Å². The average molecular weight is 354 g/mol. The van der Waals surface area contributed by atoms with Crippen LogP contribution < -0.4 is 11.5 Å². The first-order valence-electron chi connectivity index (χ1n) is 4.53. The van der Waals surface area contributed by atoms with Gasteiger partial charge in [-0.1, -0.05) is 0 Å². The molecule has 0 saturated carbocycles. The highest BCUT2D eigenvalue weighted by Crippen LogP contribution is 2.50. The van der Waals surface area contributed by atoms with Crippen LogP contribution in [-0.2, 0) is 14.3 Å². The molecule has 5 nitrogen and oxygen atoms in total. The second-order valence-electron chi connectivity index (χ2n) is 3.59. The Balaban J connectivity index is 5.96. The lowest BCUT2D eigenvalue weighted by Gasteiger charge is -2.34. The van der Waals surface area contributed by atoms with Crippen molar-refractivity contribution in [3.63, 3.8) is 0 Å². The SMILES string of the molecule is NC(=O)C(F)(F)C(F)(F)C(F)(F)O[C@@](F)(C(N)=O)C(F)(F)F. The minimum atomic E-state index is -7.04. The van der Waals surface area contributed by atoms with Crippen LogP contribution in [0.3, 0.4) is 0 Å². The van der Waals surface area contributed by atoms with Crippen LogP contribution in [0.1, 0.15) is 0 Å². The minimum Gasteiger partial charge on any atom is -0.364 e. The number of hydrogen-bond donors (Lipinski definition) is 2. The Morgan fingerprint density at radius 2 is 1.09 bits per heavy atom. The molecule has 0 heterocycles. The number of primary amides is 2. The summed E-state index contributed by atoms with van der Waals surface area (Å²) in [5.74, 6) is -26.5. The molecular weight excluding hydrogens is 350 g/mol. The summed E-state index contributed by atoms with van der Waals surface area (Å²) in [6.45, 7) is 0. The number of carbonyl (C=O) groups excluding carboxylic acids is 2. The maximum Gasteiger partial charge on any atom is 0.458 e. The smallest absolute Gasteiger partial charge is 0.364 e. The molecule has 0 saturated heterocycles. The molecule has 22 heavy (non-hydrogen) atoms. The van der Waals surface area contributed by atoms with Crippen molar-refractivity contribution >= 4 is 11.8 Å². The third-order valence-corrected chi connectivity index (χ3v) is 2.02. The summed E-state index contributed by atoms with van der Waals surface area (Å²) in [6, 6.07) is 0. The second kappa shape index (κ2) is 5.13. The largest absolute Gasteiger partial charge is 0.458 e. The van der Waals surface area contributed by atoms with Crippen LogP contribution in [0.5, 0.6) is 0 Å². The van der Waals surface area contributed by atoms with Crippen molar-refractivity contribution < 1.29 is 58.2 Å². The molecule has 0 bridgehead atoms. The molecule has 0 rings (SSSR count). The van der Waals surface area contributed by atoms with Crippen molar-refractivity contribution in [3.8, 4) is 0 Å². The zero-order valence-corrected chi connectivity index (χ0v) is 9.66. The van der Waals surface area contributed by atoms with Crippen LogP contribution in [0.2, 0.25) is 0 Å². The van der Waals surface area contributed by atoms with Crippen LogP contribution in [-0.4, -0.2) is 41.8 Å². The molecule has 130 valence electrons. The van der Waals surface area contributed by atoms with Gasteiger partial charge in [0, 0.05) is 0 Å². The van der Waals surface area contributed by atoms with Gasteiger partial charge < -0.3 is 11.5 Å². The van der Waals surface area contributed by atoms with Gasteiger partial charge in [-0.15, -0.1) is 0 Å². The zero-order valence-electron chi connectivity index (χ0n) is 9.66. The van der Waals surface area contributed by atoms with Crippen LogP contribution in [0.15, 0.2) is 0 Å². The first-order valence-corrected chi connectivity index (χ1v) is 4.53. The molecule has 0 aliphatic rings. The molecule has 15 heteroatoms. The van der Waals surface area contributed by atoms with Crippen LogP contribution in [0.25, 0.3) is 0 Å². The average Bonchev–Trinajstić information content (AvgIpc) is 2.25. The van der Waals surface area contributed by atoms with E-state index < -0.39 is 41.8 Å². The number of amides is 2. The summed E-state index contributed by atoms with van der Waals surface area (Å²) < 4.78 is 128. The molecule has 0 aromatic rings. The quantitative estimate of drug-likeness (QED) is 0.699. The summed E-state index contributed by atoms with van der Waals surface area (Å²) in [4.78, 5) is 20.2. The molecule has 0 spiro atoms. The monoisotopic (exact) mass is 354 g/mol. The van der Waals surface area contributed by atoms with Gasteiger partial charge >= 0.3 is 30.0 Å². The van der Waals surface area contributed by atoms with Crippen LogP contribution in [0.4, 0.5) is 43.9 Å². The van der Waals surface area contributed by atoms with E-state index >= 15 is 0 Å². The number of nitrogens with two attached hydrogens (primary N) is 2. The van der Waals surface area contributed by atoms with Crippen molar-refractivity contribution in [2.45, 2.75) is 30.0 Å². The fraction of sp³-hybridized carbons (Fsp3) is 0.714. The van der Waals surface area contributed by atoms with Crippen molar-refractivity contribution in [2.75, 3.05) is 0 Å². The standard InChI is InChI=1S/C7H4F10N2O3/c8-3(9,1(18)20)5(11,12)7(16,17)22-4(10,2(19)21)6(13,14)15/h(H2,18,20)(H2,19,21)/t4-/m0/s1. The summed E-state index contributed by atoms with van der Waals surface area (Å²) in [7, 11) is 0. The highest BCUT2D eigenvalue weighted by molar-refractivity contribution is 5.83. The summed E-state index contributed by atoms with van der Waals surface area (Å²) in [5.41, 5.74) is 7.46. The fourth-order valence-corrected chi connectivity index (χ4v) is 0.826. The van der Waals surface area contributed by atoms with E-state index in [1.807, 2.05) is 4.74 Å². The van der Waals surface area contributed by atoms with Gasteiger partial charge in [-0.25, -0.2) is 0 Å². The minimum absolute atomic E-state index is 1.92. The van der Waals surface area contributed by atoms with Crippen molar-refractivity contribution in [1.29, 1.82) is 0 Å². The van der Waals surface area contributed by atoms with Gasteiger partial charge in [0.1, 0.15) is 0 Å². The molecule has 2 amide bonds. The number of rotatable bonds is 6. The highest BCUT2D eigenvalue weighted by Gasteiger charge is 2.80. The van der Waals surface area contributed by atoms with E-state index in [0.717, 1.165) is 0 Å². The Morgan fingerprint density at radius 3 is 1.32 bits per heavy atom. The van der Waals surface area contributed by atoms with Gasteiger partial charge in [0.05, 0.1) is 0 Å². The highest BCUT2D eigenvalue weighted by atomic mass is 19.4. The molecule has 4 N–H and O–H groups in total. The molecular formula is C7H4F10N2O3. The predicted molar refractivity (Wildman–Crippen MR) is 44.2 cm³/mol. The van der Waals surface area contributed by atoms with E-state index in [1.165, 1.54) is 0 Å². The number of carbonyl (C=O) groups is 2. The number of alkyl halides is 10. The van der Waals surface area contributed by atoms with Gasteiger partial charge in [-0.3, -0.25) is 14.3 Å². The Labute approximate surface area is 113 Å². The number of hydrogen-bond acceptors (Lipinski definition) is 3. The predicted octanol–water partition coefficient (Wildman–Crippen LogP) is 1.07. The summed E-state index contributed by atoms with van der Waals surface area (Å²) >= 11 is 0. The molecule has 0 aromatic heterocycles. The molecule has 0 aliphatic carbocycles. The van der Waals surface area contributed by atoms with Gasteiger partial charge in [0.2, 0.25) is 0 Å². The Hall–Kier alpha value is -1.80. The second-order valence-corrected chi connectivity index (χ2v) is 3.59. The van der Waals surface area contributed by atoms with E-state index in [4.69, 9.17) is 0 Å². The maximum atomic E-state index is 13.0. The van der Waals surface area contributed by atoms with Gasteiger partial charge in [0.15, 0.2) is 0 Å². The number of halogens is 10. The fourth-order valence-electron chi connectivity index (χ4n) is 0.826. The van der Waals surface area contributed by atoms with Crippen molar-refractivity contribution in [1.82, 2.24) is 0 Å². The topological polar surface area (TPSA) is 95.4 Å². The van der Waals surface area contributed by atoms with Gasteiger partial charge in [-0.05, 0) is 0 Å². The zero-order chi connectivity index (χ0) is 18.4. The van der Waals surface area contributed by atoms with E-state index in [2.05, 4.69) is 11.5 Å². The Kier molecular flexibility index (Phi) is 4.71. The first-order chi connectivity index (χ1) is 9.34. The molecule has 0 radical (unpaired) electrons.